The Kier molecular flexibility index (Phi) is 9.81. The van der Waals surface area contributed by atoms with Crippen molar-refractivity contribution in [1.29, 1.82) is 0 Å². The molecule has 0 fully saturated rings. The van der Waals surface area contributed by atoms with Gasteiger partial charge in [-0.1, -0.05) is 124 Å². The van der Waals surface area contributed by atoms with Crippen LogP contribution in [0.3, 0.4) is 0 Å². The van der Waals surface area contributed by atoms with Crippen molar-refractivity contribution >= 4 is 5.78 Å². The van der Waals surface area contributed by atoms with E-state index in [0.29, 0.717) is 0 Å². The molecule has 0 aromatic heterocycles. The zero-order valence-electron chi connectivity index (χ0n) is 25.2. The molecule has 2 aromatic rings. The second kappa shape index (κ2) is 13.1. The predicted octanol–water partition coefficient (Wildman–Crippen LogP) is 8.42. The van der Waals surface area contributed by atoms with Crippen LogP contribution in [0.2, 0.25) is 0 Å². The van der Waals surface area contributed by atoms with E-state index in [1.807, 2.05) is 12.2 Å². The molecule has 212 valence electrons. The van der Waals surface area contributed by atoms with Crippen molar-refractivity contribution in [2.24, 2.45) is 11.8 Å². The molecule has 2 aliphatic carbocycles. The van der Waals surface area contributed by atoms with Gasteiger partial charge in [-0.3, -0.25) is 4.79 Å². The first-order valence-corrected chi connectivity index (χ1v) is 15.0. The van der Waals surface area contributed by atoms with Crippen LogP contribution in [0.4, 0.5) is 0 Å². The van der Waals surface area contributed by atoms with Crippen molar-refractivity contribution < 1.29 is 14.3 Å². The number of rotatable bonds is 12. The number of ether oxygens (including phenoxy) is 2. The Morgan fingerprint density at radius 1 is 0.650 bits per heavy atom. The van der Waals surface area contributed by atoms with Crippen molar-refractivity contribution in [1.82, 2.24) is 0 Å². The smallest absolute Gasteiger partial charge is 0.192 e. The second-order valence-corrected chi connectivity index (χ2v) is 11.1. The van der Waals surface area contributed by atoms with Crippen LogP contribution >= 0.6 is 0 Å². The maximum atomic E-state index is 14.6. The zero-order chi connectivity index (χ0) is 28.8. The van der Waals surface area contributed by atoms with Gasteiger partial charge in [0.1, 0.15) is 0 Å². The van der Waals surface area contributed by atoms with E-state index in [-0.39, 0.29) is 17.6 Å². The molecule has 3 nitrogen and oxygen atoms in total. The quantitative estimate of drug-likeness (QED) is 0.272. The third-order valence-corrected chi connectivity index (χ3v) is 9.46. The topological polar surface area (TPSA) is 35.5 Å². The van der Waals surface area contributed by atoms with Crippen LogP contribution in [0, 0.1) is 11.8 Å². The van der Waals surface area contributed by atoms with Gasteiger partial charge in [0.15, 0.2) is 5.78 Å². The number of hydrogen-bond donors (Lipinski definition) is 0. The lowest BCUT2D eigenvalue weighted by atomic mass is 9.67. The van der Waals surface area contributed by atoms with Crippen molar-refractivity contribution in [3.63, 3.8) is 0 Å². The molecule has 0 heterocycles. The molecule has 4 rings (SSSR count). The molecule has 0 bridgehead atoms. The third-order valence-electron chi connectivity index (χ3n) is 9.46. The van der Waals surface area contributed by atoms with Crippen molar-refractivity contribution in [2.45, 2.75) is 77.4 Å². The van der Waals surface area contributed by atoms with E-state index in [2.05, 4.69) is 101 Å². The van der Waals surface area contributed by atoms with Crippen LogP contribution in [0.1, 0.15) is 64.5 Å². The average Bonchev–Trinajstić information content (AvgIpc) is 3.01. The lowest BCUT2D eigenvalue weighted by Crippen LogP contribution is -2.44. The van der Waals surface area contributed by atoms with Gasteiger partial charge >= 0.3 is 0 Å². The number of methoxy groups -OCH3 is 2. The molecule has 2 aromatic carbocycles. The van der Waals surface area contributed by atoms with Gasteiger partial charge in [-0.25, -0.2) is 0 Å². The van der Waals surface area contributed by atoms with Gasteiger partial charge in [0.2, 0.25) is 0 Å². The fraction of sp³-hybridized carbons (Fsp3) is 0.432. The van der Waals surface area contributed by atoms with Gasteiger partial charge in [0, 0.05) is 37.2 Å². The third kappa shape index (κ3) is 5.60. The predicted molar refractivity (Wildman–Crippen MR) is 165 cm³/mol. The highest BCUT2D eigenvalue weighted by Gasteiger charge is 2.44. The number of benzene rings is 2. The van der Waals surface area contributed by atoms with Gasteiger partial charge < -0.3 is 9.47 Å². The molecular formula is C37H46O3. The Morgan fingerprint density at radius 3 is 1.32 bits per heavy atom. The molecule has 0 saturated heterocycles. The summed E-state index contributed by atoms with van der Waals surface area (Å²) in [6, 6.07) is 21.1. The minimum Gasteiger partial charge on any atom is -0.374 e. The van der Waals surface area contributed by atoms with Gasteiger partial charge in [-0.05, 0) is 49.7 Å². The molecule has 2 aliphatic rings. The maximum Gasteiger partial charge on any atom is 0.192 e. The van der Waals surface area contributed by atoms with Crippen LogP contribution in [-0.2, 0) is 27.1 Å². The van der Waals surface area contributed by atoms with E-state index in [0.717, 1.165) is 49.7 Å². The Labute approximate surface area is 241 Å². The van der Waals surface area contributed by atoms with Crippen LogP contribution in [0.5, 0.6) is 0 Å². The maximum absolute atomic E-state index is 14.6. The van der Waals surface area contributed by atoms with Crippen LogP contribution < -0.4 is 0 Å². The fourth-order valence-corrected chi connectivity index (χ4v) is 7.05. The summed E-state index contributed by atoms with van der Waals surface area (Å²) in [5, 5.41) is 0. The number of Topliss-reactive ketones (excluding diaryl/α,β-unsaturated/α-hetero) is 1. The highest BCUT2D eigenvalue weighted by molar-refractivity contribution is 6.13. The SMILES string of the molecule is CCC1=C(C(=O)C2=C(CC)C(Cc3ccccc3)C(CC)(OC)C=C2)C=CC(CC)(OC)C1Cc1ccccc1. The summed E-state index contributed by atoms with van der Waals surface area (Å²) in [5.41, 5.74) is 5.70. The number of hydrogen-bond acceptors (Lipinski definition) is 3. The Hall–Kier alpha value is -3.01. The first-order valence-electron chi connectivity index (χ1n) is 15.0. The molecule has 0 aliphatic heterocycles. The molecule has 0 radical (unpaired) electrons. The summed E-state index contributed by atoms with van der Waals surface area (Å²) < 4.78 is 12.5. The lowest BCUT2D eigenvalue weighted by molar-refractivity contribution is -0.112. The summed E-state index contributed by atoms with van der Waals surface area (Å²) in [4.78, 5) is 14.6. The van der Waals surface area contributed by atoms with Crippen molar-refractivity contribution in [3.05, 3.63) is 118 Å². The molecule has 4 atom stereocenters. The van der Waals surface area contributed by atoms with E-state index in [1.54, 1.807) is 14.2 Å². The molecule has 4 unspecified atom stereocenters. The highest BCUT2D eigenvalue weighted by atomic mass is 16.5. The van der Waals surface area contributed by atoms with E-state index in [1.165, 1.54) is 22.3 Å². The highest BCUT2D eigenvalue weighted by Crippen LogP contribution is 2.45. The summed E-state index contributed by atoms with van der Waals surface area (Å²) >= 11 is 0. The van der Waals surface area contributed by atoms with E-state index >= 15 is 0 Å². The van der Waals surface area contributed by atoms with E-state index < -0.39 is 11.2 Å². The zero-order valence-corrected chi connectivity index (χ0v) is 25.2. The van der Waals surface area contributed by atoms with Crippen LogP contribution in [0.15, 0.2) is 107 Å². The van der Waals surface area contributed by atoms with Crippen molar-refractivity contribution in [3.8, 4) is 0 Å². The molecule has 0 amide bonds. The summed E-state index contributed by atoms with van der Waals surface area (Å²) in [7, 11) is 3.60. The van der Waals surface area contributed by atoms with Gasteiger partial charge in [0.05, 0.1) is 11.2 Å². The number of carbonyl (C=O) groups is 1. The first kappa shape index (κ1) is 30.0. The van der Waals surface area contributed by atoms with Gasteiger partial charge in [-0.15, -0.1) is 0 Å². The summed E-state index contributed by atoms with van der Waals surface area (Å²) in [5.74, 6) is 0.302. The Balaban J connectivity index is 1.82. The number of ketones is 1. The van der Waals surface area contributed by atoms with Crippen molar-refractivity contribution in [2.75, 3.05) is 14.2 Å². The second-order valence-electron chi connectivity index (χ2n) is 11.1. The monoisotopic (exact) mass is 538 g/mol. The molecule has 3 heteroatoms. The molecule has 0 N–H and O–H groups in total. The minimum atomic E-state index is -0.432. The van der Waals surface area contributed by atoms with E-state index in [9.17, 15) is 4.79 Å². The Bertz CT molecular complexity index is 1170. The summed E-state index contributed by atoms with van der Waals surface area (Å²) in [6.45, 7) is 8.70. The normalized spacial score (nSPS) is 26.4. The summed E-state index contributed by atoms with van der Waals surface area (Å²) in [6.07, 6.45) is 13.4. The lowest BCUT2D eigenvalue weighted by Gasteiger charge is -2.43. The average molecular weight is 539 g/mol. The number of allylic oxidation sites excluding steroid dienone is 4. The Morgan fingerprint density at radius 2 is 1.02 bits per heavy atom. The standard InChI is InChI=1S/C37H46O3/c1-7-29-31(21-23-36(9-3,39-5)33(29)25-27-17-13-11-14-18-27)35(38)32-22-24-37(10-4,40-6)34(30(32)8-2)26-28-19-15-12-16-20-28/h11-24,33-34H,7-10,25-26H2,1-6H3. The molecular weight excluding hydrogens is 492 g/mol. The molecule has 0 spiro atoms. The van der Waals surface area contributed by atoms with E-state index in [4.69, 9.17) is 9.47 Å². The molecule has 0 saturated carbocycles. The molecule has 40 heavy (non-hydrogen) atoms. The fourth-order valence-electron chi connectivity index (χ4n) is 7.05. The largest absolute Gasteiger partial charge is 0.374 e. The van der Waals surface area contributed by atoms with Crippen LogP contribution in [-0.4, -0.2) is 31.2 Å². The van der Waals surface area contributed by atoms with Crippen LogP contribution in [0.25, 0.3) is 0 Å². The minimum absolute atomic E-state index is 0.0888. The van der Waals surface area contributed by atoms with Gasteiger partial charge in [-0.2, -0.15) is 0 Å². The first-order chi connectivity index (χ1) is 19.4. The van der Waals surface area contributed by atoms with Gasteiger partial charge in [0.25, 0.3) is 0 Å². The number of carbonyl (C=O) groups excluding carboxylic acids is 1.